The van der Waals surface area contributed by atoms with E-state index in [4.69, 9.17) is 9.47 Å². The predicted octanol–water partition coefficient (Wildman–Crippen LogP) is 2.50. The molecule has 0 spiro atoms. The molecule has 0 fully saturated rings. The van der Waals surface area contributed by atoms with Crippen LogP contribution in [-0.4, -0.2) is 26.7 Å². The third-order valence-electron chi connectivity index (χ3n) is 3.67. The minimum Gasteiger partial charge on any atom is -0.497 e. The van der Waals surface area contributed by atoms with Crippen molar-refractivity contribution in [1.29, 1.82) is 0 Å². The van der Waals surface area contributed by atoms with Gasteiger partial charge in [0.25, 0.3) is 0 Å². The Morgan fingerprint density at radius 2 is 1.33 bits per heavy atom. The summed E-state index contributed by atoms with van der Waals surface area (Å²) in [7, 11) is 3.29. The number of methoxy groups -OCH3 is 2. The predicted molar refractivity (Wildman–Crippen MR) is 94.2 cm³/mol. The number of benzene rings is 2. The molecule has 0 aliphatic heterocycles. The van der Waals surface area contributed by atoms with Crippen LogP contribution in [0.2, 0.25) is 0 Å². The van der Waals surface area contributed by atoms with Crippen LogP contribution in [0.4, 0.5) is 0 Å². The van der Waals surface area contributed by atoms with Crippen LogP contribution in [0.1, 0.15) is 17.5 Å². The van der Waals surface area contributed by atoms with Crippen LogP contribution in [0.25, 0.3) is 0 Å². The molecular formula is C19H24N2O3. The highest BCUT2D eigenvalue weighted by molar-refractivity contribution is 5.76. The highest BCUT2D eigenvalue weighted by Crippen LogP contribution is 2.11. The Kier molecular flexibility index (Phi) is 7.11. The SMILES string of the molecule is COc1ccc(CNCCC(=O)NCc2ccc(OC)cc2)cc1. The molecule has 0 aliphatic carbocycles. The third kappa shape index (κ3) is 5.93. The number of ether oxygens (including phenoxy) is 2. The van der Waals surface area contributed by atoms with Gasteiger partial charge in [-0.1, -0.05) is 24.3 Å². The highest BCUT2D eigenvalue weighted by atomic mass is 16.5. The second-order valence-corrected chi connectivity index (χ2v) is 5.40. The van der Waals surface area contributed by atoms with Crippen LogP contribution in [0, 0.1) is 0 Å². The number of hydrogen-bond acceptors (Lipinski definition) is 4. The first-order valence-electron chi connectivity index (χ1n) is 7.94. The van der Waals surface area contributed by atoms with E-state index in [9.17, 15) is 4.79 Å². The summed E-state index contributed by atoms with van der Waals surface area (Å²) in [5.74, 6) is 1.69. The van der Waals surface area contributed by atoms with Crippen molar-refractivity contribution in [3.05, 3.63) is 59.7 Å². The number of hydrogen-bond donors (Lipinski definition) is 2. The number of nitrogens with one attached hydrogen (secondary N) is 2. The largest absolute Gasteiger partial charge is 0.497 e. The summed E-state index contributed by atoms with van der Waals surface area (Å²) in [4.78, 5) is 11.8. The van der Waals surface area contributed by atoms with Crippen LogP contribution in [0.3, 0.4) is 0 Å². The van der Waals surface area contributed by atoms with Gasteiger partial charge in [0.15, 0.2) is 0 Å². The van der Waals surface area contributed by atoms with E-state index >= 15 is 0 Å². The summed E-state index contributed by atoms with van der Waals surface area (Å²) in [6.07, 6.45) is 0.451. The first-order chi connectivity index (χ1) is 11.7. The van der Waals surface area contributed by atoms with Crippen molar-refractivity contribution in [3.8, 4) is 11.5 Å². The Bertz CT molecular complexity index is 624. The normalized spacial score (nSPS) is 10.2. The minimum atomic E-state index is 0.0352. The monoisotopic (exact) mass is 328 g/mol. The van der Waals surface area contributed by atoms with E-state index < -0.39 is 0 Å². The fraction of sp³-hybridized carbons (Fsp3) is 0.316. The fourth-order valence-corrected chi connectivity index (χ4v) is 2.21. The summed E-state index contributed by atoms with van der Waals surface area (Å²) in [5.41, 5.74) is 2.21. The number of rotatable bonds is 9. The molecule has 0 atom stereocenters. The molecule has 0 aliphatic rings. The topological polar surface area (TPSA) is 59.6 Å². The van der Waals surface area contributed by atoms with Gasteiger partial charge in [-0.15, -0.1) is 0 Å². The molecule has 2 aromatic rings. The number of amides is 1. The Hall–Kier alpha value is -2.53. The number of carbonyl (C=O) groups excluding carboxylic acids is 1. The molecule has 0 unspecified atom stereocenters. The van der Waals surface area contributed by atoms with E-state index in [-0.39, 0.29) is 5.91 Å². The van der Waals surface area contributed by atoms with Gasteiger partial charge in [0.05, 0.1) is 14.2 Å². The summed E-state index contributed by atoms with van der Waals surface area (Å²) in [6.45, 7) is 1.90. The Balaban J connectivity index is 1.62. The Morgan fingerprint density at radius 3 is 1.83 bits per heavy atom. The standard InChI is InChI=1S/C19H24N2O3/c1-23-17-7-3-15(4-8-17)13-20-12-11-19(22)21-14-16-5-9-18(24-2)10-6-16/h3-10,20H,11-14H2,1-2H3,(H,21,22). The van der Waals surface area contributed by atoms with Crippen molar-refractivity contribution < 1.29 is 14.3 Å². The van der Waals surface area contributed by atoms with Gasteiger partial charge in [0, 0.05) is 26.1 Å². The van der Waals surface area contributed by atoms with Gasteiger partial charge in [-0.3, -0.25) is 4.79 Å². The van der Waals surface area contributed by atoms with Crippen molar-refractivity contribution >= 4 is 5.91 Å². The van der Waals surface area contributed by atoms with Gasteiger partial charge in [-0.05, 0) is 35.4 Å². The van der Waals surface area contributed by atoms with Gasteiger partial charge in [0.2, 0.25) is 5.91 Å². The molecule has 1 amide bonds. The lowest BCUT2D eigenvalue weighted by Gasteiger charge is -2.08. The van der Waals surface area contributed by atoms with Gasteiger partial charge in [-0.2, -0.15) is 0 Å². The van der Waals surface area contributed by atoms with Crippen molar-refractivity contribution in [2.24, 2.45) is 0 Å². The maximum atomic E-state index is 11.8. The molecule has 2 aromatic carbocycles. The molecule has 2 rings (SSSR count). The van der Waals surface area contributed by atoms with Crippen LogP contribution in [-0.2, 0) is 17.9 Å². The highest BCUT2D eigenvalue weighted by Gasteiger charge is 2.02. The molecule has 0 bridgehead atoms. The summed E-state index contributed by atoms with van der Waals surface area (Å²) in [6, 6.07) is 15.5. The quantitative estimate of drug-likeness (QED) is 0.695. The van der Waals surface area contributed by atoms with E-state index in [0.29, 0.717) is 19.5 Å². The van der Waals surface area contributed by atoms with Crippen LogP contribution in [0.15, 0.2) is 48.5 Å². The van der Waals surface area contributed by atoms with Gasteiger partial charge < -0.3 is 20.1 Å². The van der Waals surface area contributed by atoms with Crippen LogP contribution >= 0.6 is 0 Å². The summed E-state index contributed by atoms with van der Waals surface area (Å²) >= 11 is 0. The molecule has 0 saturated carbocycles. The van der Waals surface area contributed by atoms with Gasteiger partial charge in [0.1, 0.15) is 11.5 Å². The van der Waals surface area contributed by atoms with Crippen molar-refractivity contribution in [2.75, 3.05) is 20.8 Å². The Labute approximate surface area is 143 Å². The van der Waals surface area contributed by atoms with E-state index in [1.165, 1.54) is 0 Å². The molecular weight excluding hydrogens is 304 g/mol. The molecule has 128 valence electrons. The number of carbonyl (C=O) groups is 1. The lowest BCUT2D eigenvalue weighted by molar-refractivity contribution is -0.121. The smallest absolute Gasteiger partial charge is 0.221 e. The average molecular weight is 328 g/mol. The van der Waals surface area contributed by atoms with E-state index in [1.807, 2.05) is 48.5 Å². The van der Waals surface area contributed by atoms with E-state index in [1.54, 1.807) is 14.2 Å². The molecule has 0 saturated heterocycles. The van der Waals surface area contributed by atoms with Crippen molar-refractivity contribution in [2.45, 2.75) is 19.5 Å². The van der Waals surface area contributed by atoms with Crippen LogP contribution in [0.5, 0.6) is 11.5 Å². The minimum absolute atomic E-state index is 0.0352. The van der Waals surface area contributed by atoms with E-state index in [0.717, 1.165) is 29.2 Å². The molecule has 5 nitrogen and oxygen atoms in total. The zero-order valence-corrected chi connectivity index (χ0v) is 14.2. The Morgan fingerprint density at radius 1 is 0.833 bits per heavy atom. The second-order valence-electron chi connectivity index (χ2n) is 5.40. The van der Waals surface area contributed by atoms with Crippen LogP contribution < -0.4 is 20.1 Å². The second kappa shape index (κ2) is 9.57. The third-order valence-corrected chi connectivity index (χ3v) is 3.67. The molecule has 0 heterocycles. The zero-order valence-electron chi connectivity index (χ0n) is 14.2. The lowest BCUT2D eigenvalue weighted by Crippen LogP contribution is -2.27. The van der Waals surface area contributed by atoms with E-state index in [2.05, 4.69) is 10.6 Å². The first kappa shape index (κ1) is 17.8. The molecule has 0 radical (unpaired) electrons. The maximum Gasteiger partial charge on any atom is 0.221 e. The van der Waals surface area contributed by atoms with Crippen molar-refractivity contribution in [3.63, 3.8) is 0 Å². The zero-order chi connectivity index (χ0) is 17.2. The maximum absolute atomic E-state index is 11.8. The lowest BCUT2D eigenvalue weighted by atomic mass is 10.2. The average Bonchev–Trinajstić information content (AvgIpc) is 2.64. The molecule has 5 heteroatoms. The molecule has 2 N–H and O–H groups in total. The van der Waals surface area contributed by atoms with Gasteiger partial charge in [-0.25, -0.2) is 0 Å². The summed E-state index contributed by atoms with van der Waals surface area (Å²) in [5, 5.41) is 6.18. The van der Waals surface area contributed by atoms with Crippen molar-refractivity contribution in [1.82, 2.24) is 10.6 Å². The molecule has 0 aromatic heterocycles. The first-order valence-corrected chi connectivity index (χ1v) is 7.94. The van der Waals surface area contributed by atoms with Gasteiger partial charge >= 0.3 is 0 Å². The fourth-order valence-electron chi connectivity index (χ4n) is 2.21. The summed E-state index contributed by atoms with van der Waals surface area (Å²) < 4.78 is 10.2. The molecule has 24 heavy (non-hydrogen) atoms.